The lowest BCUT2D eigenvalue weighted by molar-refractivity contribution is 0.155. The van der Waals surface area contributed by atoms with Crippen LogP contribution in [0.5, 0.6) is 0 Å². The second-order valence-electron chi connectivity index (χ2n) is 7.22. The number of rotatable bonds is 2. The lowest BCUT2D eigenvalue weighted by Gasteiger charge is -2.43. The van der Waals surface area contributed by atoms with Gasteiger partial charge in [-0.15, -0.1) is 0 Å². The summed E-state index contributed by atoms with van der Waals surface area (Å²) in [4.78, 5) is 0. The molecule has 0 heterocycles. The van der Waals surface area contributed by atoms with Crippen LogP contribution < -0.4 is 11.1 Å². The van der Waals surface area contributed by atoms with E-state index in [2.05, 4.69) is 48.1 Å². The Balaban J connectivity index is 1.92. The number of nitrogens with two attached hydrogens (primary N) is 1. The second-order valence-corrected chi connectivity index (χ2v) is 8.14. The van der Waals surface area contributed by atoms with Crippen molar-refractivity contribution in [3.63, 3.8) is 0 Å². The fourth-order valence-electron chi connectivity index (χ4n) is 4.47. The third kappa shape index (κ3) is 1.97. The maximum absolute atomic E-state index is 6.11. The molecule has 3 unspecified atom stereocenters. The van der Waals surface area contributed by atoms with Gasteiger partial charge in [-0.3, -0.25) is 0 Å². The van der Waals surface area contributed by atoms with Crippen LogP contribution in [-0.2, 0) is 0 Å². The third-order valence-corrected chi connectivity index (χ3v) is 6.08. The van der Waals surface area contributed by atoms with Crippen LogP contribution in [0, 0.1) is 16.7 Å². The topological polar surface area (TPSA) is 38.0 Å². The van der Waals surface area contributed by atoms with Gasteiger partial charge in [-0.05, 0) is 54.2 Å². The standard InChI is InChI=1S/C16H23BrN2/c1-15(2)10-6-7-16(3,9-10)14(15)19-13-8-11(17)4-5-12(13)18/h4-5,8,10,14,19H,6-7,9,18H2,1-3H3. The first-order valence-electron chi connectivity index (χ1n) is 7.14. The molecular weight excluding hydrogens is 300 g/mol. The Bertz CT molecular complexity index is 507. The van der Waals surface area contributed by atoms with Gasteiger partial charge in [-0.2, -0.15) is 0 Å². The number of fused-ring (bicyclic) bond motifs is 2. The summed E-state index contributed by atoms with van der Waals surface area (Å²) in [5, 5.41) is 3.76. The molecule has 19 heavy (non-hydrogen) atoms. The molecule has 0 spiro atoms. The number of nitrogen functional groups attached to an aromatic ring is 1. The quantitative estimate of drug-likeness (QED) is 0.777. The van der Waals surface area contributed by atoms with Crippen molar-refractivity contribution in [3.05, 3.63) is 22.7 Å². The van der Waals surface area contributed by atoms with E-state index in [0.717, 1.165) is 21.8 Å². The number of anilines is 2. The molecule has 1 aromatic carbocycles. The normalized spacial score (nSPS) is 35.6. The first-order chi connectivity index (χ1) is 8.83. The second kappa shape index (κ2) is 4.15. The Morgan fingerprint density at radius 3 is 2.68 bits per heavy atom. The zero-order chi connectivity index (χ0) is 13.8. The largest absolute Gasteiger partial charge is 0.397 e. The number of benzene rings is 1. The van der Waals surface area contributed by atoms with Gasteiger partial charge in [0.05, 0.1) is 11.4 Å². The van der Waals surface area contributed by atoms with Gasteiger partial charge in [0.1, 0.15) is 0 Å². The maximum atomic E-state index is 6.11. The minimum atomic E-state index is 0.349. The highest BCUT2D eigenvalue weighted by Crippen LogP contribution is 2.63. The van der Waals surface area contributed by atoms with Gasteiger partial charge in [-0.25, -0.2) is 0 Å². The van der Waals surface area contributed by atoms with Crippen LogP contribution in [0.3, 0.4) is 0 Å². The highest BCUT2D eigenvalue weighted by Gasteiger charge is 2.59. The lowest BCUT2D eigenvalue weighted by atomic mass is 9.68. The predicted molar refractivity (Wildman–Crippen MR) is 85.2 cm³/mol. The Morgan fingerprint density at radius 2 is 2.05 bits per heavy atom. The molecule has 2 fully saturated rings. The molecule has 0 saturated heterocycles. The highest BCUT2D eigenvalue weighted by molar-refractivity contribution is 9.10. The van der Waals surface area contributed by atoms with E-state index in [1.54, 1.807) is 0 Å². The Kier molecular flexibility index (Phi) is 2.90. The summed E-state index contributed by atoms with van der Waals surface area (Å²) >= 11 is 3.53. The average molecular weight is 323 g/mol. The van der Waals surface area contributed by atoms with E-state index in [4.69, 9.17) is 5.73 Å². The molecule has 104 valence electrons. The van der Waals surface area contributed by atoms with Gasteiger partial charge in [0, 0.05) is 10.5 Å². The van der Waals surface area contributed by atoms with Crippen molar-refractivity contribution in [2.75, 3.05) is 11.1 Å². The number of hydrogen-bond donors (Lipinski definition) is 2. The number of hydrogen-bond acceptors (Lipinski definition) is 2. The third-order valence-electron chi connectivity index (χ3n) is 5.58. The Labute approximate surface area is 124 Å². The van der Waals surface area contributed by atoms with Crippen molar-refractivity contribution in [2.24, 2.45) is 16.7 Å². The summed E-state index contributed by atoms with van der Waals surface area (Å²) < 4.78 is 1.08. The lowest BCUT2D eigenvalue weighted by Crippen LogP contribution is -2.45. The molecule has 0 radical (unpaired) electrons. The van der Waals surface area contributed by atoms with E-state index < -0.39 is 0 Å². The van der Waals surface area contributed by atoms with Crippen molar-refractivity contribution >= 4 is 27.3 Å². The van der Waals surface area contributed by atoms with Crippen LogP contribution >= 0.6 is 15.9 Å². The SMILES string of the molecule is CC12CCC(C1)C(C)(C)C2Nc1cc(Br)ccc1N. The molecule has 2 nitrogen and oxygen atoms in total. The molecule has 2 aliphatic carbocycles. The predicted octanol–water partition coefficient (Wildman–Crippen LogP) is 4.66. The van der Waals surface area contributed by atoms with E-state index in [1.165, 1.54) is 19.3 Å². The van der Waals surface area contributed by atoms with Crippen molar-refractivity contribution in [3.8, 4) is 0 Å². The van der Waals surface area contributed by atoms with Crippen LogP contribution in [0.2, 0.25) is 0 Å². The molecule has 3 atom stereocenters. The van der Waals surface area contributed by atoms with Crippen molar-refractivity contribution in [1.82, 2.24) is 0 Å². The summed E-state index contributed by atoms with van der Waals surface area (Å²) in [5.74, 6) is 0.850. The molecular formula is C16H23BrN2. The molecule has 2 aliphatic rings. The van der Waals surface area contributed by atoms with Gasteiger partial charge in [-0.1, -0.05) is 36.7 Å². The highest BCUT2D eigenvalue weighted by atomic mass is 79.9. The Hall–Kier alpha value is -0.700. The number of nitrogens with one attached hydrogen (secondary N) is 1. The fourth-order valence-corrected chi connectivity index (χ4v) is 4.83. The molecule has 2 saturated carbocycles. The average Bonchev–Trinajstić information content (AvgIpc) is 2.80. The summed E-state index contributed by atoms with van der Waals surface area (Å²) in [5.41, 5.74) is 8.79. The van der Waals surface area contributed by atoms with Crippen LogP contribution in [0.1, 0.15) is 40.0 Å². The maximum Gasteiger partial charge on any atom is 0.0587 e. The van der Waals surface area contributed by atoms with E-state index >= 15 is 0 Å². The van der Waals surface area contributed by atoms with E-state index in [-0.39, 0.29) is 0 Å². The summed E-state index contributed by atoms with van der Waals surface area (Å²) in [6.45, 7) is 7.26. The molecule has 3 heteroatoms. The first kappa shape index (κ1) is 13.3. The van der Waals surface area contributed by atoms with Gasteiger partial charge >= 0.3 is 0 Å². The van der Waals surface area contributed by atoms with Crippen molar-refractivity contribution in [1.29, 1.82) is 0 Å². The minimum absolute atomic E-state index is 0.349. The molecule has 3 rings (SSSR count). The van der Waals surface area contributed by atoms with E-state index in [1.807, 2.05) is 12.1 Å². The van der Waals surface area contributed by atoms with Crippen molar-refractivity contribution in [2.45, 2.75) is 46.1 Å². The van der Waals surface area contributed by atoms with Gasteiger partial charge in [0.15, 0.2) is 0 Å². The van der Waals surface area contributed by atoms with Crippen LogP contribution in [-0.4, -0.2) is 6.04 Å². The van der Waals surface area contributed by atoms with E-state index in [9.17, 15) is 0 Å². The summed E-state index contributed by atoms with van der Waals surface area (Å²) in [6.07, 6.45) is 4.08. The summed E-state index contributed by atoms with van der Waals surface area (Å²) in [7, 11) is 0. The van der Waals surface area contributed by atoms with Crippen LogP contribution in [0.4, 0.5) is 11.4 Å². The minimum Gasteiger partial charge on any atom is -0.397 e. The van der Waals surface area contributed by atoms with Crippen LogP contribution in [0.25, 0.3) is 0 Å². The molecule has 0 amide bonds. The molecule has 2 bridgehead atoms. The molecule has 1 aromatic rings. The van der Waals surface area contributed by atoms with Crippen LogP contribution in [0.15, 0.2) is 22.7 Å². The van der Waals surface area contributed by atoms with Crippen molar-refractivity contribution < 1.29 is 0 Å². The molecule has 3 N–H and O–H groups in total. The van der Waals surface area contributed by atoms with Gasteiger partial charge < -0.3 is 11.1 Å². The van der Waals surface area contributed by atoms with E-state index in [0.29, 0.717) is 16.9 Å². The molecule has 0 aliphatic heterocycles. The monoisotopic (exact) mass is 322 g/mol. The smallest absolute Gasteiger partial charge is 0.0587 e. The fraction of sp³-hybridized carbons (Fsp3) is 0.625. The number of halogens is 1. The zero-order valence-electron chi connectivity index (χ0n) is 12.0. The summed E-state index contributed by atoms with van der Waals surface area (Å²) in [6, 6.07) is 6.57. The van der Waals surface area contributed by atoms with Gasteiger partial charge in [0.25, 0.3) is 0 Å². The Morgan fingerprint density at radius 1 is 1.32 bits per heavy atom. The van der Waals surface area contributed by atoms with Gasteiger partial charge in [0.2, 0.25) is 0 Å². The molecule has 0 aromatic heterocycles. The first-order valence-corrected chi connectivity index (χ1v) is 7.94. The zero-order valence-corrected chi connectivity index (χ0v) is 13.5.